The van der Waals surface area contributed by atoms with E-state index < -0.39 is 6.10 Å². The molecular formula is C6H11NO2. The van der Waals surface area contributed by atoms with Gasteiger partial charge in [0.2, 0.25) is 0 Å². The highest BCUT2D eigenvalue weighted by Crippen LogP contribution is 1.87. The van der Waals surface area contributed by atoms with Crippen molar-refractivity contribution in [2.24, 2.45) is 5.73 Å². The topological polar surface area (TPSA) is 63.3 Å². The molecule has 0 fully saturated rings. The minimum absolute atomic E-state index is 0.352. The van der Waals surface area contributed by atoms with Crippen LogP contribution in [0.5, 0.6) is 0 Å². The number of nitrogens with two attached hydrogens (primary N) is 1. The van der Waals surface area contributed by atoms with Crippen LogP contribution in [-0.4, -0.2) is 17.0 Å². The number of hydrogen-bond donors (Lipinski definition) is 2. The van der Waals surface area contributed by atoms with Crippen molar-refractivity contribution >= 4 is 5.78 Å². The molecule has 0 heterocycles. The number of aliphatic hydroxyl groups is 1. The maximum atomic E-state index is 10.5. The van der Waals surface area contributed by atoms with Gasteiger partial charge in [0.05, 0.1) is 0 Å². The Labute approximate surface area is 54.2 Å². The third-order valence-corrected chi connectivity index (χ3v) is 0.782. The molecule has 52 valence electrons. The normalized spacial score (nSPS) is 15.2. The highest BCUT2D eigenvalue weighted by atomic mass is 16.3. The lowest BCUT2D eigenvalue weighted by Gasteiger charge is -1.96. The van der Waals surface area contributed by atoms with E-state index in [-0.39, 0.29) is 5.78 Å². The van der Waals surface area contributed by atoms with Crippen molar-refractivity contribution in [2.45, 2.75) is 20.0 Å². The monoisotopic (exact) mass is 129 g/mol. The predicted octanol–water partition coefficient (Wildman–Crippen LogP) is -0.201. The van der Waals surface area contributed by atoms with E-state index in [9.17, 15) is 4.79 Å². The maximum absolute atomic E-state index is 10.5. The molecule has 0 radical (unpaired) electrons. The summed E-state index contributed by atoms with van der Waals surface area (Å²) in [4.78, 5) is 10.5. The molecule has 0 saturated heterocycles. The molecule has 1 atom stereocenters. The van der Waals surface area contributed by atoms with E-state index in [0.717, 1.165) is 0 Å². The van der Waals surface area contributed by atoms with Crippen LogP contribution in [0.2, 0.25) is 0 Å². The van der Waals surface area contributed by atoms with Gasteiger partial charge in [-0.1, -0.05) is 0 Å². The van der Waals surface area contributed by atoms with Gasteiger partial charge in [0.25, 0.3) is 0 Å². The third-order valence-electron chi connectivity index (χ3n) is 0.782. The number of ketones is 1. The summed E-state index contributed by atoms with van der Waals surface area (Å²) in [5, 5.41) is 8.62. The Hall–Kier alpha value is -0.830. The summed E-state index contributed by atoms with van der Waals surface area (Å²) in [6.07, 6.45) is 0.272. The average molecular weight is 129 g/mol. The van der Waals surface area contributed by atoms with Crippen molar-refractivity contribution in [2.75, 3.05) is 0 Å². The molecule has 0 aliphatic heterocycles. The van der Waals surface area contributed by atoms with Crippen LogP contribution in [0.4, 0.5) is 0 Å². The summed E-state index contributed by atoms with van der Waals surface area (Å²) in [7, 11) is 0. The first-order chi connectivity index (χ1) is 4.04. The smallest absolute Gasteiger partial charge is 0.185 e. The molecule has 9 heavy (non-hydrogen) atoms. The van der Waals surface area contributed by atoms with E-state index >= 15 is 0 Å². The first kappa shape index (κ1) is 8.17. The Morgan fingerprint density at radius 2 is 2.22 bits per heavy atom. The fourth-order valence-corrected chi connectivity index (χ4v) is 0.345. The lowest BCUT2D eigenvalue weighted by Crippen LogP contribution is -2.14. The molecule has 0 amide bonds. The average Bonchev–Trinajstić information content (AvgIpc) is 1.63. The van der Waals surface area contributed by atoms with Crippen LogP contribution in [0.15, 0.2) is 11.8 Å². The second-order valence-electron chi connectivity index (χ2n) is 1.97. The number of carbonyl (C=O) groups excluding carboxylic acids is 1. The van der Waals surface area contributed by atoms with Gasteiger partial charge < -0.3 is 10.8 Å². The maximum Gasteiger partial charge on any atom is 0.185 e. The Morgan fingerprint density at radius 1 is 1.78 bits per heavy atom. The molecule has 0 aromatic rings. The van der Waals surface area contributed by atoms with Gasteiger partial charge in [0.15, 0.2) is 5.78 Å². The van der Waals surface area contributed by atoms with Gasteiger partial charge in [-0.25, -0.2) is 0 Å². The minimum atomic E-state index is -0.941. The van der Waals surface area contributed by atoms with Crippen molar-refractivity contribution in [3.05, 3.63) is 11.8 Å². The summed E-state index contributed by atoms with van der Waals surface area (Å²) in [6, 6.07) is 0. The molecular weight excluding hydrogens is 118 g/mol. The van der Waals surface area contributed by atoms with Gasteiger partial charge in [0.1, 0.15) is 6.10 Å². The zero-order valence-corrected chi connectivity index (χ0v) is 5.59. The zero-order valence-electron chi connectivity index (χ0n) is 5.59. The van der Waals surface area contributed by atoms with Gasteiger partial charge in [0, 0.05) is 11.8 Å². The molecule has 0 aromatic carbocycles. The summed E-state index contributed by atoms with van der Waals surface area (Å²) in [5.74, 6) is -0.352. The fraction of sp³-hybridized carbons (Fsp3) is 0.500. The van der Waals surface area contributed by atoms with E-state index in [1.807, 2.05) is 0 Å². The second-order valence-corrected chi connectivity index (χ2v) is 1.97. The lowest BCUT2D eigenvalue weighted by atomic mass is 10.2. The summed E-state index contributed by atoms with van der Waals surface area (Å²) in [6.45, 7) is 3.00. The molecule has 0 saturated carbocycles. The van der Waals surface area contributed by atoms with Gasteiger partial charge in [-0.3, -0.25) is 4.79 Å². The van der Waals surface area contributed by atoms with E-state index in [1.54, 1.807) is 6.92 Å². The lowest BCUT2D eigenvalue weighted by molar-refractivity contribution is -0.121. The van der Waals surface area contributed by atoms with E-state index in [4.69, 9.17) is 10.8 Å². The third kappa shape index (κ3) is 3.73. The standard InChI is InChI=1S/C6H11NO2/c1-4(7)3-6(9)5(2)8/h3,5,8H,7H2,1-2H3. The molecule has 0 aliphatic rings. The number of aliphatic hydroxyl groups excluding tert-OH is 1. The fourth-order valence-electron chi connectivity index (χ4n) is 0.345. The first-order valence-electron chi connectivity index (χ1n) is 2.69. The van der Waals surface area contributed by atoms with Crippen LogP contribution in [-0.2, 0) is 4.79 Å². The van der Waals surface area contributed by atoms with Gasteiger partial charge in [-0.15, -0.1) is 0 Å². The van der Waals surface area contributed by atoms with E-state index in [0.29, 0.717) is 5.70 Å². The molecule has 3 N–H and O–H groups in total. The van der Waals surface area contributed by atoms with Crippen molar-refractivity contribution in [1.29, 1.82) is 0 Å². The van der Waals surface area contributed by atoms with Crippen molar-refractivity contribution < 1.29 is 9.90 Å². The quantitative estimate of drug-likeness (QED) is 0.507. The highest BCUT2D eigenvalue weighted by Gasteiger charge is 2.03. The van der Waals surface area contributed by atoms with Crippen LogP contribution in [0.3, 0.4) is 0 Å². The van der Waals surface area contributed by atoms with E-state index in [1.165, 1.54) is 13.0 Å². The van der Waals surface area contributed by atoms with Crippen LogP contribution in [0.1, 0.15) is 13.8 Å². The molecule has 0 aliphatic carbocycles. The minimum Gasteiger partial charge on any atom is -0.402 e. The van der Waals surface area contributed by atoms with Crippen LogP contribution < -0.4 is 5.73 Å². The van der Waals surface area contributed by atoms with Crippen molar-refractivity contribution in [3.63, 3.8) is 0 Å². The number of allylic oxidation sites excluding steroid dienone is 1. The SMILES string of the molecule is CC(N)=CC(=O)C(C)O. The molecule has 1 unspecified atom stereocenters. The van der Waals surface area contributed by atoms with Crippen LogP contribution >= 0.6 is 0 Å². The molecule has 0 rings (SSSR count). The largest absolute Gasteiger partial charge is 0.402 e. The summed E-state index contributed by atoms with van der Waals surface area (Å²) < 4.78 is 0. The molecule has 3 heteroatoms. The Balaban J connectivity index is 3.93. The Bertz CT molecular complexity index is 134. The van der Waals surface area contributed by atoms with Gasteiger partial charge in [-0.05, 0) is 13.8 Å². The van der Waals surface area contributed by atoms with Crippen molar-refractivity contribution in [3.8, 4) is 0 Å². The van der Waals surface area contributed by atoms with Crippen LogP contribution in [0.25, 0.3) is 0 Å². The Kier molecular flexibility index (Phi) is 2.95. The number of hydrogen-bond acceptors (Lipinski definition) is 3. The molecule has 0 aromatic heterocycles. The van der Waals surface area contributed by atoms with Crippen molar-refractivity contribution in [1.82, 2.24) is 0 Å². The summed E-state index contributed by atoms with van der Waals surface area (Å²) in [5.41, 5.74) is 5.58. The predicted molar refractivity (Wildman–Crippen MR) is 34.6 cm³/mol. The Morgan fingerprint density at radius 3 is 2.33 bits per heavy atom. The summed E-state index contributed by atoms with van der Waals surface area (Å²) >= 11 is 0. The number of carbonyl (C=O) groups is 1. The van der Waals surface area contributed by atoms with Gasteiger partial charge in [-0.2, -0.15) is 0 Å². The van der Waals surface area contributed by atoms with Gasteiger partial charge >= 0.3 is 0 Å². The second kappa shape index (κ2) is 3.25. The molecule has 0 bridgehead atoms. The first-order valence-corrected chi connectivity index (χ1v) is 2.69. The molecule has 3 nitrogen and oxygen atoms in total. The molecule has 0 spiro atoms. The van der Waals surface area contributed by atoms with Crippen LogP contribution in [0, 0.1) is 0 Å². The highest BCUT2D eigenvalue weighted by molar-refractivity contribution is 5.93. The zero-order chi connectivity index (χ0) is 7.44. The van der Waals surface area contributed by atoms with E-state index in [2.05, 4.69) is 0 Å². The number of rotatable bonds is 2.